The molecule has 5 nitrogen and oxygen atoms in total. The van der Waals surface area contributed by atoms with E-state index in [9.17, 15) is 0 Å². The topological polar surface area (TPSA) is 59.1 Å². The number of hydrogen-bond donors (Lipinski definition) is 2. The molecule has 1 aliphatic heterocycles. The summed E-state index contributed by atoms with van der Waals surface area (Å²) >= 11 is 0. The van der Waals surface area contributed by atoms with E-state index >= 15 is 0 Å². The van der Waals surface area contributed by atoms with Crippen LogP contribution in [0, 0.1) is 5.92 Å². The lowest BCUT2D eigenvalue weighted by atomic mass is 9.99. The smallest absolute Gasteiger partial charge is 0.146 e. The largest absolute Gasteiger partial charge is 0.383 e. The number of benzene rings is 1. The first-order valence-corrected chi connectivity index (χ1v) is 8.54. The summed E-state index contributed by atoms with van der Waals surface area (Å²) in [6.45, 7) is 10.6. The number of nitrogen functional groups attached to an aromatic ring is 1. The molecule has 2 aromatic rings. The van der Waals surface area contributed by atoms with Crippen molar-refractivity contribution in [2.45, 2.75) is 19.9 Å². The molecule has 24 heavy (non-hydrogen) atoms. The third kappa shape index (κ3) is 3.79. The first kappa shape index (κ1) is 16.6. The molecule has 0 aliphatic carbocycles. The van der Waals surface area contributed by atoms with Crippen LogP contribution in [0.3, 0.4) is 0 Å². The fourth-order valence-electron chi connectivity index (χ4n) is 3.38. The highest BCUT2D eigenvalue weighted by Crippen LogP contribution is 2.19. The second kappa shape index (κ2) is 7.09. The summed E-state index contributed by atoms with van der Waals surface area (Å²) in [4.78, 5) is 2.54. The Morgan fingerprint density at radius 3 is 2.83 bits per heavy atom. The number of nitrogens with two attached hydrogens (primary N) is 1. The highest BCUT2D eigenvalue weighted by Gasteiger charge is 2.17. The molecule has 1 unspecified atom stereocenters. The molecule has 0 saturated carbocycles. The molecule has 2 heterocycles. The lowest BCUT2D eigenvalue weighted by Crippen LogP contribution is -2.36. The molecule has 128 valence electrons. The van der Waals surface area contributed by atoms with Crippen LogP contribution in [-0.2, 0) is 20.0 Å². The highest BCUT2D eigenvalue weighted by molar-refractivity contribution is 5.61. The van der Waals surface area contributed by atoms with E-state index in [1.54, 1.807) is 4.68 Å². The van der Waals surface area contributed by atoms with Crippen molar-refractivity contribution in [2.24, 2.45) is 13.0 Å². The summed E-state index contributed by atoms with van der Waals surface area (Å²) < 4.78 is 1.76. The van der Waals surface area contributed by atoms with Crippen molar-refractivity contribution in [1.82, 2.24) is 20.0 Å². The number of aryl methyl sites for hydroxylation is 1. The van der Waals surface area contributed by atoms with Gasteiger partial charge in [-0.1, -0.05) is 37.8 Å². The fourth-order valence-corrected chi connectivity index (χ4v) is 3.38. The van der Waals surface area contributed by atoms with Gasteiger partial charge in [0.2, 0.25) is 0 Å². The number of anilines is 1. The minimum absolute atomic E-state index is 0.524. The molecule has 1 aromatic heterocycles. The molecule has 0 bridgehead atoms. The fraction of sp³-hybridized carbons (Fsp3) is 0.421. The molecule has 1 aromatic carbocycles. The number of aromatic nitrogens is 2. The van der Waals surface area contributed by atoms with Crippen LogP contribution in [-0.4, -0.2) is 34.3 Å². The number of hydrogen-bond acceptors (Lipinski definition) is 4. The zero-order chi connectivity index (χ0) is 17.1. The molecule has 5 heteroatoms. The van der Waals surface area contributed by atoms with E-state index in [0.717, 1.165) is 44.0 Å². The summed E-state index contributed by atoms with van der Waals surface area (Å²) in [5.41, 5.74) is 10.5. The van der Waals surface area contributed by atoms with Gasteiger partial charge in [0.05, 0.1) is 11.4 Å². The standard InChI is InChI=1S/C19H27N5/c1-14(11-21-15(2)18-10-19(20)22-23(18)3)12-24-9-8-16-6-4-5-7-17(16)13-24/h4-7,10,14,21H,2,8-9,11-13H2,1,3H3,(H2,20,22). The van der Waals surface area contributed by atoms with Crippen LogP contribution in [0.15, 0.2) is 36.9 Å². The number of nitrogens with zero attached hydrogens (tertiary/aromatic N) is 3. The maximum absolute atomic E-state index is 5.73. The SMILES string of the molecule is C=C(NCC(C)CN1CCc2ccccc2C1)c1cc(N)nn1C. The van der Waals surface area contributed by atoms with Gasteiger partial charge in [0.15, 0.2) is 0 Å². The van der Waals surface area contributed by atoms with Gasteiger partial charge in [-0.05, 0) is 23.5 Å². The number of rotatable bonds is 6. The van der Waals surface area contributed by atoms with Crippen LogP contribution in [0.2, 0.25) is 0 Å². The number of nitrogens with one attached hydrogen (secondary N) is 1. The van der Waals surface area contributed by atoms with Gasteiger partial charge in [0, 0.05) is 39.3 Å². The number of fused-ring (bicyclic) bond motifs is 1. The normalized spacial score (nSPS) is 15.8. The third-order valence-electron chi connectivity index (χ3n) is 4.65. The molecular weight excluding hydrogens is 298 g/mol. The summed E-state index contributed by atoms with van der Waals surface area (Å²) in [7, 11) is 1.88. The second-order valence-electron chi connectivity index (χ2n) is 6.80. The average molecular weight is 325 g/mol. The Kier molecular flexibility index (Phi) is 4.90. The first-order chi connectivity index (χ1) is 11.5. The molecule has 0 radical (unpaired) electrons. The van der Waals surface area contributed by atoms with Gasteiger partial charge < -0.3 is 11.1 Å². The molecule has 3 rings (SSSR count). The van der Waals surface area contributed by atoms with E-state index < -0.39 is 0 Å². The summed E-state index contributed by atoms with van der Waals surface area (Å²) in [5.74, 6) is 1.06. The molecular formula is C19H27N5. The molecule has 0 spiro atoms. The Morgan fingerprint density at radius 1 is 1.38 bits per heavy atom. The van der Waals surface area contributed by atoms with E-state index in [0.29, 0.717) is 11.7 Å². The Bertz CT molecular complexity index is 718. The van der Waals surface area contributed by atoms with Crippen LogP contribution < -0.4 is 11.1 Å². The van der Waals surface area contributed by atoms with E-state index in [1.165, 1.54) is 11.1 Å². The molecule has 3 N–H and O–H groups in total. The molecule has 1 atom stereocenters. The Balaban J connectivity index is 1.49. The predicted molar refractivity (Wildman–Crippen MR) is 99.2 cm³/mol. The van der Waals surface area contributed by atoms with E-state index in [-0.39, 0.29) is 0 Å². The van der Waals surface area contributed by atoms with Gasteiger partial charge in [-0.25, -0.2) is 0 Å². The van der Waals surface area contributed by atoms with Crippen LogP contribution in [0.1, 0.15) is 23.7 Å². The Morgan fingerprint density at radius 2 is 2.12 bits per heavy atom. The lowest BCUT2D eigenvalue weighted by molar-refractivity contribution is 0.220. The lowest BCUT2D eigenvalue weighted by Gasteiger charge is -2.31. The van der Waals surface area contributed by atoms with Crippen LogP contribution in [0.4, 0.5) is 5.82 Å². The first-order valence-electron chi connectivity index (χ1n) is 8.54. The van der Waals surface area contributed by atoms with Crippen molar-refractivity contribution in [1.29, 1.82) is 0 Å². The molecule has 0 amide bonds. The summed E-state index contributed by atoms with van der Waals surface area (Å²) in [6.07, 6.45) is 1.15. The highest BCUT2D eigenvalue weighted by atomic mass is 15.3. The van der Waals surface area contributed by atoms with Crippen molar-refractivity contribution in [3.8, 4) is 0 Å². The Labute approximate surface area is 144 Å². The van der Waals surface area contributed by atoms with Crippen molar-refractivity contribution >= 4 is 11.5 Å². The van der Waals surface area contributed by atoms with E-state index in [2.05, 4.69) is 53.1 Å². The summed E-state index contributed by atoms with van der Waals surface area (Å²) in [5, 5.41) is 7.58. The maximum atomic E-state index is 5.73. The van der Waals surface area contributed by atoms with Gasteiger partial charge >= 0.3 is 0 Å². The van der Waals surface area contributed by atoms with Crippen molar-refractivity contribution in [2.75, 3.05) is 25.4 Å². The minimum Gasteiger partial charge on any atom is -0.383 e. The van der Waals surface area contributed by atoms with Crippen molar-refractivity contribution in [3.63, 3.8) is 0 Å². The maximum Gasteiger partial charge on any atom is 0.146 e. The van der Waals surface area contributed by atoms with Crippen LogP contribution in [0.25, 0.3) is 5.70 Å². The van der Waals surface area contributed by atoms with Gasteiger partial charge in [0.1, 0.15) is 5.82 Å². The zero-order valence-electron chi connectivity index (χ0n) is 14.6. The van der Waals surface area contributed by atoms with Gasteiger partial charge in [0.25, 0.3) is 0 Å². The molecule has 1 aliphatic rings. The minimum atomic E-state index is 0.524. The van der Waals surface area contributed by atoms with E-state index in [4.69, 9.17) is 5.73 Å². The van der Waals surface area contributed by atoms with Crippen molar-refractivity contribution in [3.05, 3.63) is 53.7 Å². The molecule has 0 saturated heterocycles. The monoisotopic (exact) mass is 325 g/mol. The average Bonchev–Trinajstić information content (AvgIpc) is 2.91. The second-order valence-corrected chi connectivity index (χ2v) is 6.80. The van der Waals surface area contributed by atoms with Crippen molar-refractivity contribution < 1.29 is 0 Å². The molecule has 0 fully saturated rings. The summed E-state index contributed by atoms with van der Waals surface area (Å²) in [6, 6.07) is 10.6. The quantitative estimate of drug-likeness (QED) is 0.855. The van der Waals surface area contributed by atoms with Crippen LogP contribution in [0.5, 0.6) is 0 Å². The van der Waals surface area contributed by atoms with Gasteiger partial charge in [-0.15, -0.1) is 0 Å². The zero-order valence-corrected chi connectivity index (χ0v) is 14.6. The predicted octanol–water partition coefficient (Wildman–Crippen LogP) is 2.26. The van der Waals surface area contributed by atoms with E-state index in [1.807, 2.05) is 13.1 Å². The van der Waals surface area contributed by atoms with Gasteiger partial charge in [-0.3, -0.25) is 9.58 Å². The third-order valence-corrected chi connectivity index (χ3v) is 4.65. The van der Waals surface area contributed by atoms with Gasteiger partial charge in [-0.2, -0.15) is 5.10 Å². The Hall–Kier alpha value is -2.27. The van der Waals surface area contributed by atoms with Crippen LogP contribution >= 0.6 is 0 Å².